The van der Waals surface area contributed by atoms with Crippen molar-refractivity contribution in [3.63, 3.8) is 0 Å². The first kappa shape index (κ1) is 17.7. The zero-order valence-corrected chi connectivity index (χ0v) is 13.8. The summed E-state index contributed by atoms with van der Waals surface area (Å²) in [5.41, 5.74) is 7.36. The van der Waals surface area contributed by atoms with Gasteiger partial charge in [-0.2, -0.15) is 0 Å². The topological polar surface area (TPSA) is 73.4 Å². The van der Waals surface area contributed by atoms with Gasteiger partial charge in [-0.25, -0.2) is 0 Å². The molecule has 0 fully saturated rings. The Morgan fingerprint density at radius 3 is 2.25 bits per heavy atom. The first-order chi connectivity index (χ1) is 11.7. The Hall–Kier alpha value is -2.70. The van der Waals surface area contributed by atoms with Gasteiger partial charge >= 0.3 is 0 Å². The van der Waals surface area contributed by atoms with Crippen LogP contribution in [0.5, 0.6) is 0 Å². The smallest absolute Gasteiger partial charge is 0.265 e. The van der Waals surface area contributed by atoms with Crippen LogP contribution in [0.4, 0.5) is 5.69 Å². The number of benzene rings is 2. The van der Waals surface area contributed by atoms with E-state index in [2.05, 4.69) is 16.2 Å². The number of hydrogen-bond donors (Lipinski definition) is 4. The van der Waals surface area contributed by atoms with E-state index in [1.165, 1.54) is 0 Å². The third-order valence-electron chi connectivity index (χ3n) is 3.13. The van der Waals surface area contributed by atoms with Crippen LogP contribution in [0.25, 0.3) is 6.08 Å². The molecule has 0 heterocycles. The third-order valence-corrected chi connectivity index (χ3v) is 3.34. The minimum Gasteiger partial charge on any atom is -0.396 e. The lowest BCUT2D eigenvalue weighted by molar-refractivity contribution is -0.118. The number of hydrazine groups is 1. The van der Waals surface area contributed by atoms with Crippen LogP contribution in [0.1, 0.15) is 12.0 Å². The molecule has 0 unspecified atom stereocenters. The van der Waals surface area contributed by atoms with Gasteiger partial charge in [0.25, 0.3) is 5.91 Å². The van der Waals surface area contributed by atoms with Crippen molar-refractivity contribution in [2.75, 3.05) is 11.9 Å². The molecule has 5 nitrogen and oxygen atoms in total. The van der Waals surface area contributed by atoms with Gasteiger partial charge in [0.15, 0.2) is 5.11 Å². The molecular weight excluding hydrogens is 322 g/mol. The van der Waals surface area contributed by atoms with Crippen molar-refractivity contribution in [2.45, 2.75) is 6.42 Å². The van der Waals surface area contributed by atoms with Crippen LogP contribution in [-0.4, -0.2) is 22.7 Å². The van der Waals surface area contributed by atoms with Crippen molar-refractivity contribution in [2.24, 2.45) is 0 Å². The molecule has 0 spiro atoms. The number of anilines is 1. The zero-order valence-electron chi connectivity index (χ0n) is 13.0. The van der Waals surface area contributed by atoms with E-state index in [9.17, 15) is 4.79 Å². The predicted molar refractivity (Wildman–Crippen MR) is 100 cm³/mol. The lowest BCUT2D eigenvalue weighted by Gasteiger charge is -2.13. The average molecular weight is 341 g/mol. The number of rotatable bonds is 5. The van der Waals surface area contributed by atoms with Crippen molar-refractivity contribution in [1.29, 1.82) is 0 Å². The third kappa shape index (κ3) is 5.83. The largest absolute Gasteiger partial charge is 0.396 e. The molecule has 2 rings (SSSR count). The average Bonchev–Trinajstić information content (AvgIpc) is 2.61. The standard InChI is InChI=1S/C18H19N3O2S/c22-12-11-15(13-14-7-3-1-4-8-14)17(23)20-21-18(24)19-16-9-5-2-6-10-16/h1-10,13,22H,11-12H2,(H,20,23)(H2,19,21,24)/b15-13+. The van der Waals surface area contributed by atoms with Crippen LogP contribution in [0, 0.1) is 0 Å². The number of aliphatic hydroxyl groups is 1. The highest BCUT2D eigenvalue weighted by molar-refractivity contribution is 7.80. The highest BCUT2D eigenvalue weighted by atomic mass is 32.1. The Morgan fingerprint density at radius 1 is 1.00 bits per heavy atom. The van der Waals surface area contributed by atoms with E-state index >= 15 is 0 Å². The number of amides is 1. The number of carbonyl (C=O) groups is 1. The quantitative estimate of drug-likeness (QED) is 0.382. The zero-order chi connectivity index (χ0) is 17.2. The van der Waals surface area contributed by atoms with E-state index in [4.69, 9.17) is 17.3 Å². The number of carbonyl (C=O) groups excluding carboxylic acids is 1. The van der Waals surface area contributed by atoms with E-state index in [0.29, 0.717) is 5.57 Å². The van der Waals surface area contributed by atoms with Crippen molar-refractivity contribution < 1.29 is 9.90 Å². The summed E-state index contributed by atoms with van der Waals surface area (Å²) in [7, 11) is 0. The molecule has 0 aromatic heterocycles. The Kier molecular flexibility index (Phi) is 6.94. The molecule has 0 aliphatic heterocycles. The van der Waals surface area contributed by atoms with Gasteiger partial charge in [0.1, 0.15) is 0 Å². The molecule has 1 amide bonds. The summed E-state index contributed by atoms with van der Waals surface area (Å²) >= 11 is 5.13. The van der Waals surface area contributed by atoms with Gasteiger partial charge in [0.2, 0.25) is 0 Å². The first-order valence-corrected chi connectivity index (χ1v) is 7.88. The molecule has 0 aliphatic carbocycles. The molecule has 2 aromatic rings. The molecule has 0 radical (unpaired) electrons. The second-order valence-electron chi connectivity index (χ2n) is 4.95. The summed E-state index contributed by atoms with van der Waals surface area (Å²) in [6.45, 7) is -0.112. The summed E-state index contributed by atoms with van der Waals surface area (Å²) in [4.78, 5) is 12.3. The summed E-state index contributed by atoms with van der Waals surface area (Å²) in [5.74, 6) is -0.342. The van der Waals surface area contributed by atoms with Crippen LogP contribution in [0.3, 0.4) is 0 Å². The van der Waals surface area contributed by atoms with E-state index in [1.807, 2.05) is 60.7 Å². The van der Waals surface area contributed by atoms with E-state index in [-0.39, 0.29) is 24.0 Å². The maximum absolute atomic E-state index is 12.3. The van der Waals surface area contributed by atoms with Crippen molar-refractivity contribution >= 4 is 35.0 Å². The number of para-hydroxylation sites is 1. The Bertz CT molecular complexity index is 703. The lowest BCUT2D eigenvalue weighted by atomic mass is 10.1. The summed E-state index contributed by atoms with van der Waals surface area (Å²) in [6, 6.07) is 18.8. The van der Waals surface area contributed by atoms with Gasteiger partial charge in [0.05, 0.1) is 0 Å². The molecular formula is C18H19N3O2S. The Balaban J connectivity index is 1.93. The maximum Gasteiger partial charge on any atom is 0.265 e. The molecule has 0 saturated carbocycles. The van der Waals surface area contributed by atoms with Gasteiger partial charge in [-0.15, -0.1) is 0 Å². The molecule has 0 saturated heterocycles. The van der Waals surface area contributed by atoms with E-state index in [1.54, 1.807) is 6.08 Å². The molecule has 2 aromatic carbocycles. The molecule has 0 aliphatic rings. The fraction of sp³-hybridized carbons (Fsp3) is 0.111. The highest BCUT2D eigenvalue weighted by Gasteiger charge is 2.09. The number of thiocarbonyl (C=S) groups is 1. The van der Waals surface area contributed by atoms with Crippen LogP contribution in [-0.2, 0) is 4.79 Å². The van der Waals surface area contributed by atoms with Crippen LogP contribution >= 0.6 is 12.2 Å². The second kappa shape index (κ2) is 9.44. The van der Waals surface area contributed by atoms with E-state index in [0.717, 1.165) is 11.3 Å². The summed E-state index contributed by atoms with van der Waals surface area (Å²) in [5, 5.41) is 12.4. The van der Waals surface area contributed by atoms with Gasteiger partial charge in [-0.05, 0) is 36.0 Å². The van der Waals surface area contributed by atoms with Gasteiger partial charge in [0, 0.05) is 24.3 Å². The van der Waals surface area contributed by atoms with Crippen LogP contribution in [0.15, 0.2) is 66.2 Å². The predicted octanol–water partition coefficient (Wildman–Crippen LogP) is 2.47. The summed E-state index contributed by atoms with van der Waals surface area (Å²) in [6.07, 6.45) is 1.99. The molecule has 0 atom stereocenters. The van der Waals surface area contributed by atoms with Gasteiger partial charge < -0.3 is 10.4 Å². The summed E-state index contributed by atoms with van der Waals surface area (Å²) < 4.78 is 0. The minimum absolute atomic E-state index is 0.112. The molecule has 24 heavy (non-hydrogen) atoms. The molecule has 0 bridgehead atoms. The minimum atomic E-state index is -0.342. The van der Waals surface area contributed by atoms with E-state index < -0.39 is 0 Å². The maximum atomic E-state index is 12.3. The van der Waals surface area contributed by atoms with Crippen LogP contribution < -0.4 is 16.2 Å². The van der Waals surface area contributed by atoms with Crippen molar-refractivity contribution in [3.05, 3.63) is 71.8 Å². The van der Waals surface area contributed by atoms with Gasteiger partial charge in [-0.3, -0.25) is 15.6 Å². The Morgan fingerprint density at radius 2 is 1.62 bits per heavy atom. The second-order valence-corrected chi connectivity index (χ2v) is 5.36. The molecule has 4 N–H and O–H groups in total. The highest BCUT2D eigenvalue weighted by Crippen LogP contribution is 2.09. The number of aliphatic hydroxyl groups excluding tert-OH is 1. The molecule has 6 heteroatoms. The monoisotopic (exact) mass is 341 g/mol. The normalized spacial score (nSPS) is 10.8. The van der Waals surface area contributed by atoms with Crippen LogP contribution in [0.2, 0.25) is 0 Å². The number of hydrogen-bond acceptors (Lipinski definition) is 3. The lowest BCUT2D eigenvalue weighted by Crippen LogP contribution is -2.44. The fourth-order valence-electron chi connectivity index (χ4n) is 2.00. The SMILES string of the molecule is O=C(NNC(=S)Nc1ccccc1)/C(=C/c1ccccc1)CCO. The Labute approximate surface area is 146 Å². The number of nitrogens with one attached hydrogen (secondary N) is 3. The fourth-order valence-corrected chi connectivity index (χ4v) is 2.17. The molecule has 124 valence electrons. The first-order valence-electron chi connectivity index (χ1n) is 7.48. The van der Waals surface area contributed by atoms with Gasteiger partial charge in [-0.1, -0.05) is 48.5 Å². The van der Waals surface area contributed by atoms with Crippen molar-refractivity contribution in [3.8, 4) is 0 Å². The van der Waals surface area contributed by atoms with Crippen molar-refractivity contribution in [1.82, 2.24) is 10.9 Å².